The lowest BCUT2D eigenvalue weighted by Gasteiger charge is -2.22. The van der Waals surface area contributed by atoms with Crippen molar-refractivity contribution < 1.29 is 37.8 Å². The molecule has 0 radical (unpaired) electrons. The summed E-state index contributed by atoms with van der Waals surface area (Å²) in [4.78, 5) is 27.3. The second kappa shape index (κ2) is 6.32. The summed E-state index contributed by atoms with van der Waals surface area (Å²) >= 11 is 0. The molecule has 0 saturated heterocycles. The molecule has 0 aliphatic heterocycles. The van der Waals surface area contributed by atoms with Gasteiger partial charge in [0.2, 0.25) is 0 Å². The standard InChI is InChI=1S/C13H14F3NO5/c1-12(2,6-18)22-17-10(19)8-4-3-7(11(20)21)5-9(8)13(14,15)16/h3-5,18H,6H2,1-2H3,(H,17,19)(H,20,21). The molecule has 1 amide bonds. The van der Waals surface area contributed by atoms with E-state index in [9.17, 15) is 22.8 Å². The molecule has 0 atom stereocenters. The Balaban J connectivity index is 3.13. The number of hydroxylamine groups is 1. The van der Waals surface area contributed by atoms with E-state index in [1.165, 1.54) is 13.8 Å². The van der Waals surface area contributed by atoms with Gasteiger partial charge in [-0.25, -0.2) is 10.3 Å². The Labute approximate surface area is 123 Å². The first kappa shape index (κ1) is 17.9. The van der Waals surface area contributed by atoms with Gasteiger partial charge >= 0.3 is 12.1 Å². The second-order valence-electron chi connectivity index (χ2n) is 5.01. The molecule has 0 aromatic heterocycles. The van der Waals surface area contributed by atoms with Crippen molar-refractivity contribution in [3.05, 3.63) is 34.9 Å². The Kier molecular flexibility index (Phi) is 5.15. The Hall–Kier alpha value is -2.13. The molecule has 1 aromatic rings. The number of aliphatic hydroxyl groups is 1. The van der Waals surface area contributed by atoms with Crippen LogP contribution < -0.4 is 5.48 Å². The number of alkyl halides is 3. The average Bonchev–Trinajstić information content (AvgIpc) is 2.43. The van der Waals surface area contributed by atoms with Gasteiger partial charge < -0.3 is 10.2 Å². The van der Waals surface area contributed by atoms with Crippen LogP contribution in [0.15, 0.2) is 18.2 Å². The number of hydrogen-bond acceptors (Lipinski definition) is 4. The summed E-state index contributed by atoms with van der Waals surface area (Å²) in [6.45, 7) is 2.34. The van der Waals surface area contributed by atoms with Gasteiger partial charge in [-0.05, 0) is 32.0 Å². The fourth-order valence-electron chi connectivity index (χ4n) is 1.38. The Morgan fingerprint density at radius 2 is 1.86 bits per heavy atom. The number of halogens is 3. The molecule has 122 valence electrons. The zero-order valence-electron chi connectivity index (χ0n) is 11.7. The van der Waals surface area contributed by atoms with Gasteiger partial charge in [-0.2, -0.15) is 13.2 Å². The molecule has 9 heteroatoms. The van der Waals surface area contributed by atoms with Gasteiger partial charge in [-0.3, -0.25) is 9.63 Å². The molecule has 1 rings (SSSR count). The van der Waals surface area contributed by atoms with Gasteiger partial charge in [-0.15, -0.1) is 0 Å². The molecule has 6 nitrogen and oxygen atoms in total. The van der Waals surface area contributed by atoms with Crippen LogP contribution in [0.25, 0.3) is 0 Å². The Morgan fingerprint density at radius 3 is 2.32 bits per heavy atom. The minimum absolute atomic E-state index is 0.369. The minimum atomic E-state index is -4.91. The van der Waals surface area contributed by atoms with Crippen molar-refractivity contribution in [3.8, 4) is 0 Å². The predicted octanol–water partition coefficient (Wildman–Crippen LogP) is 1.84. The predicted molar refractivity (Wildman–Crippen MR) is 68.1 cm³/mol. The van der Waals surface area contributed by atoms with E-state index >= 15 is 0 Å². The molecule has 0 bridgehead atoms. The first-order chi connectivity index (χ1) is 9.98. The van der Waals surface area contributed by atoms with Gasteiger partial charge in [0.15, 0.2) is 0 Å². The molecule has 0 spiro atoms. The number of hydrogen-bond donors (Lipinski definition) is 3. The summed E-state index contributed by atoms with van der Waals surface area (Å²) in [5.41, 5.74) is -2.16. The Morgan fingerprint density at radius 1 is 1.27 bits per heavy atom. The lowest BCUT2D eigenvalue weighted by atomic mass is 10.0. The van der Waals surface area contributed by atoms with Crippen LogP contribution >= 0.6 is 0 Å². The van der Waals surface area contributed by atoms with Gasteiger partial charge in [-0.1, -0.05) is 0 Å². The number of aliphatic hydroxyl groups excluding tert-OH is 1. The van der Waals surface area contributed by atoms with E-state index in [4.69, 9.17) is 15.1 Å². The zero-order valence-corrected chi connectivity index (χ0v) is 11.7. The van der Waals surface area contributed by atoms with E-state index in [0.717, 1.165) is 12.1 Å². The second-order valence-corrected chi connectivity index (χ2v) is 5.01. The number of amides is 1. The molecule has 0 saturated carbocycles. The SMILES string of the molecule is CC(C)(CO)ONC(=O)c1ccc(C(=O)O)cc1C(F)(F)F. The first-order valence-electron chi connectivity index (χ1n) is 6.01. The van der Waals surface area contributed by atoms with Crippen molar-refractivity contribution in [1.82, 2.24) is 5.48 Å². The van der Waals surface area contributed by atoms with Crippen LogP contribution in [0, 0.1) is 0 Å². The zero-order chi connectivity index (χ0) is 17.1. The lowest BCUT2D eigenvalue weighted by Crippen LogP contribution is -2.39. The van der Waals surface area contributed by atoms with Crippen molar-refractivity contribution >= 4 is 11.9 Å². The number of carbonyl (C=O) groups is 2. The van der Waals surface area contributed by atoms with E-state index in [0.29, 0.717) is 6.07 Å². The van der Waals surface area contributed by atoms with Crippen molar-refractivity contribution in [2.75, 3.05) is 6.61 Å². The molecule has 0 unspecified atom stereocenters. The van der Waals surface area contributed by atoms with Crippen LogP contribution in [0.1, 0.15) is 40.1 Å². The summed E-state index contributed by atoms with van der Waals surface area (Å²) in [6, 6.07) is 2.00. The Bertz CT molecular complexity index is 584. The smallest absolute Gasteiger partial charge is 0.417 e. The molecule has 0 aliphatic carbocycles. The van der Waals surface area contributed by atoms with Crippen LogP contribution in [-0.2, 0) is 11.0 Å². The third kappa shape index (κ3) is 4.43. The molecule has 22 heavy (non-hydrogen) atoms. The first-order valence-corrected chi connectivity index (χ1v) is 6.01. The summed E-state index contributed by atoms with van der Waals surface area (Å²) < 4.78 is 38.8. The number of rotatable bonds is 5. The highest BCUT2D eigenvalue weighted by atomic mass is 19.4. The highest BCUT2D eigenvalue weighted by Gasteiger charge is 2.36. The molecule has 0 heterocycles. The minimum Gasteiger partial charge on any atom is -0.478 e. The van der Waals surface area contributed by atoms with Crippen LogP contribution in [0.5, 0.6) is 0 Å². The molecule has 0 aliphatic rings. The van der Waals surface area contributed by atoms with Crippen molar-refractivity contribution in [3.63, 3.8) is 0 Å². The molecule has 1 aromatic carbocycles. The summed E-state index contributed by atoms with van der Waals surface area (Å²) in [6.07, 6.45) is -4.91. The average molecular weight is 321 g/mol. The van der Waals surface area contributed by atoms with E-state index in [1.807, 2.05) is 0 Å². The highest BCUT2D eigenvalue weighted by molar-refractivity contribution is 5.97. The molecule has 0 fully saturated rings. The summed E-state index contributed by atoms with van der Waals surface area (Å²) in [5.74, 6) is -2.75. The topological polar surface area (TPSA) is 95.9 Å². The molecular formula is C13H14F3NO5. The fraction of sp³-hybridized carbons (Fsp3) is 0.385. The van der Waals surface area contributed by atoms with E-state index in [-0.39, 0.29) is 0 Å². The van der Waals surface area contributed by atoms with Gasteiger partial charge in [0.05, 0.1) is 23.3 Å². The summed E-state index contributed by atoms with van der Waals surface area (Å²) in [7, 11) is 0. The number of carboxylic acids is 1. The number of benzene rings is 1. The van der Waals surface area contributed by atoms with Crippen LogP contribution in [-0.4, -0.2) is 34.3 Å². The number of aromatic carboxylic acids is 1. The quantitative estimate of drug-likeness (QED) is 0.719. The van der Waals surface area contributed by atoms with Crippen molar-refractivity contribution in [1.29, 1.82) is 0 Å². The van der Waals surface area contributed by atoms with Crippen LogP contribution in [0.3, 0.4) is 0 Å². The van der Waals surface area contributed by atoms with Crippen LogP contribution in [0.4, 0.5) is 13.2 Å². The maximum absolute atomic E-state index is 12.9. The number of carbonyl (C=O) groups excluding carboxylic acids is 1. The maximum Gasteiger partial charge on any atom is 0.417 e. The van der Waals surface area contributed by atoms with Gasteiger partial charge in [0.25, 0.3) is 5.91 Å². The van der Waals surface area contributed by atoms with Crippen LogP contribution in [0.2, 0.25) is 0 Å². The maximum atomic E-state index is 12.9. The number of carboxylic acid groups (broad SMARTS) is 1. The normalized spacial score (nSPS) is 12.1. The highest BCUT2D eigenvalue weighted by Crippen LogP contribution is 2.32. The van der Waals surface area contributed by atoms with Crippen molar-refractivity contribution in [2.45, 2.75) is 25.6 Å². The monoisotopic (exact) mass is 321 g/mol. The van der Waals surface area contributed by atoms with Gasteiger partial charge in [0.1, 0.15) is 5.60 Å². The largest absolute Gasteiger partial charge is 0.478 e. The fourth-order valence-corrected chi connectivity index (χ4v) is 1.38. The molecular weight excluding hydrogens is 307 g/mol. The lowest BCUT2D eigenvalue weighted by molar-refractivity contribution is -0.138. The third-order valence-corrected chi connectivity index (χ3v) is 2.62. The summed E-state index contributed by atoms with van der Waals surface area (Å²) in [5, 5.41) is 17.7. The van der Waals surface area contributed by atoms with Crippen molar-refractivity contribution in [2.24, 2.45) is 0 Å². The van der Waals surface area contributed by atoms with E-state index in [2.05, 4.69) is 0 Å². The van der Waals surface area contributed by atoms with E-state index in [1.54, 1.807) is 5.48 Å². The third-order valence-electron chi connectivity index (χ3n) is 2.62. The van der Waals surface area contributed by atoms with Gasteiger partial charge in [0, 0.05) is 0 Å². The molecule has 3 N–H and O–H groups in total. The number of nitrogens with one attached hydrogen (secondary N) is 1. The van der Waals surface area contributed by atoms with E-state index < -0.39 is 47.0 Å².